The molecule has 0 fully saturated rings. The molecule has 13 heteroatoms. The number of fused-ring (bicyclic) bond motifs is 1. The number of aryl methyl sites for hydroxylation is 2. The van der Waals surface area contributed by atoms with Crippen molar-refractivity contribution in [3.63, 3.8) is 0 Å². The molecule has 0 unspecified atom stereocenters. The van der Waals surface area contributed by atoms with Crippen molar-refractivity contribution in [2.24, 2.45) is 5.92 Å². The summed E-state index contributed by atoms with van der Waals surface area (Å²) in [6.45, 7) is 9.39. The number of anilines is 1. The second-order valence-electron chi connectivity index (χ2n) is 12.7. The quantitative estimate of drug-likeness (QED) is 0.330. The summed E-state index contributed by atoms with van der Waals surface area (Å²) in [5.41, 5.74) is 1.45. The zero-order valence-corrected chi connectivity index (χ0v) is 29.5. The molecule has 0 saturated carbocycles. The van der Waals surface area contributed by atoms with E-state index in [0.29, 0.717) is 25.3 Å². The van der Waals surface area contributed by atoms with Gasteiger partial charge in [-0.1, -0.05) is 42.4 Å². The number of aromatic nitrogens is 1. The molecule has 0 spiro atoms. The standard InChI is InChI=1S/C35H48N4O8S/c1-23-20-39(24(2)22-40)35(42)30-19-29(37-48(43,44)34-26(4)36-47-27(34)5)15-16-31(30)46-25(3)12-10-11-17-45-32(23)21-38(6)33(41)18-28-13-8-7-9-14-28/h7-9,13-16,19,23-25,32,37,40H,10-12,17-18,20-22H2,1-6H3/t23-,24+,25-,32+/m0/s1. The molecule has 48 heavy (non-hydrogen) atoms. The third kappa shape index (κ3) is 9.36. The SMILES string of the molecule is Cc1noc(C)c1S(=O)(=O)Nc1ccc2c(c1)C(=O)N([C@H](C)CO)C[C@H](C)[C@@H](CN(C)C(=O)Cc1ccccc1)OCCCC[C@H](C)O2. The van der Waals surface area contributed by atoms with E-state index in [1.165, 1.54) is 19.9 Å². The summed E-state index contributed by atoms with van der Waals surface area (Å²) >= 11 is 0. The van der Waals surface area contributed by atoms with Gasteiger partial charge in [0.25, 0.3) is 15.9 Å². The van der Waals surface area contributed by atoms with E-state index in [2.05, 4.69) is 9.88 Å². The van der Waals surface area contributed by atoms with E-state index in [4.69, 9.17) is 14.0 Å². The average molecular weight is 685 g/mol. The Morgan fingerprint density at radius 3 is 2.54 bits per heavy atom. The van der Waals surface area contributed by atoms with Gasteiger partial charge in [-0.2, -0.15) is 0 Å². The molecule has 1 aromatic heterocycles. The van der Waals surface area contributed by atoms with Gasteiger partial charge in [-0.3, -0.25) is 14.3 Å². The zero-order chi connectivity index (χ0) is 35.0. The van der Waals surface area contributed by atoms with Crippen LogP contribution in [0.3, 0.4) is 0 Å². The number of amides is 2. The van der Waals surface area contributed by atoms with Crippen LogP contribution in [0.25, 0.3) is 0 Å². The molecule has 262 valence electrons. The van der Waals surface area contributed by atoms with Crippen LogP contribution >= 0.6 is 0 Å². The Morgan fingerprint density at radius 2 is 1.88 bits per heavy atom. The minimum Gasteiger partial charge on any atom is -0.490 e. The highest BCUT2D eigenvalue weighted by atomic mass is 32.2. The summed E-state index contributed by atoms with van der Waals surface area (Å²) in [7, 11) is -2.33. The van der Waals surface area contributed by atoms with Crippen molar-refractivity contribution >= 4 is 27.5 Å². The van der Waals surface area contributed by atoms with Gasteiger partial charge in [-0.25, -0.2) is 8.42 Å². The lowest BCUT2D eigenvalue weighted by molar-refractivity contribution is -0.131. The number of hydrogen-bond donors (Lipinski definition) is 2. The van der Waals surface area contributed by atoms with Crippen molar-refractivity contribution in [2.75, 3.05) is 38.1 Å². The second kappa shape index (κ2) is 16.4. The van der Waals surface area contributed by atoms with Crippen molar-refractivity contribution in [2.45, 2.75) is 83.4 Å². The molecule has 2 aromatic carbocycles. The van der Waals surface area contributed by atoms with Crippen LogP contribution in [0, 0.1) is 19.8 Å². The molecule has 1 aliphatic heterocycles. The molecule has 0 aliphatic carbocycles. The van der Waals surface area contributed by atoms with Gasteiger partial charge in [-0.05, 0) is 70.7 Å². The summed E-state index contributed by atoms with van der Waals surface area (Å²) in [5.74, 6) is -0.255. The highest BCUT2D eigenvalue weighted by molar-refractivity contribution is 7.92. The third-order valence-electron chi connectivity index (χ3n) is 8.62. The summed E-state index contributed by atoms with van der Waals surface area (Å²) in [6.07, 6.45) is 1.93. The van der Waals surface area contributed by atoms with Crippen molar-refractivity contribution in [3.05, 3.63) is 71.1 Å². The van der Waals surface area contributed by atoms with Crippen molar-refractivity contribution in [1.29, 1.82) is 0 Å². The molecular weight excluding hydrogens is 636 g/mol. The van der Waals surface area contributed by atoms with E-state index in [-0.39, 0.29) is 71.2 Å². The average Bonchev–Trinajstić information content (AvgIpc) is 3.40. The van der Waals surface area contributed by atoms with Crippen molar-refractivity contribution in [3.8, 4) is 5.75 Å². The molecule has 0 saturated heterocycles. The minimum atomic E-state index is -4.08. The van der Waals surface area contributed by atoms with Crippen molar-refractivity contribution < 1.29 is 37.1 Å². The highest BCUT2D eigenvalue weighted by Gasteiger charge is 2.32. The topological polar surface area (TPSA) is 152 Å². The minimum absolute atomic E-state index is 0.0421. The number of sulfonamides is 1. The van der Waals surface area contributed by atoms with E-state index in [1.54, 1.807) is 35.9 Å². The molecule has 1 aliphatic rings. The lowest BCUT2D eigenvalue weighted by Gasteiger charge is -2.36. The number of carbonyl (C=O) groups excluding carboxylic acids is 2. The van der Waals surface area contributed by atoms with E-state index in [0.717, 1.165) is 18.4 Å². The Morgan fingerprint density at radius 1 is 1.15 bits per heavy atom. The summed E-state index contributed by atoms with van der Waals surface area (Å²) in [4.78, 5) is 30.7. The van der Waals surface area contributed by atoms with E-state index >= 15 is 0 Å². The Hall–Kier alpha value is -3.94. The Kier molecular flexibility index (Phi) is 12.6. The number of likely N-dealkylation sites (N-methyl/N-ethyl adjacent to an activating group) is 1. The number of aliphatic hydroxyl groups is 1. The normalized spacial score (nSPS) is 20.3. The van der Waals surface area contributed by atoms with Gasteiger partial charge >= 0.3 is 0 Å². The van der Waals surface area contributed by atoms with Gasteiger partial charge in [0.05, 0.1) is 36.8 Å². The smallest absolute Gasteiger partial charge is 0.267 e. The lowest BCUT2D eigenvalue weighted by atomic mass is 10.0. The summed E-state index contributed by atoms with van der Waals surface area (Å²) in [5, 5.41) is 14.0. The lowest BCUT2D eigenvalue weighted by Crippen LogP contribution is -2.48. The van der Waals surface area contributed by atoms with E-state index < -0.39 is 22.0 Å². The molecular formula is C35H48N4O8S. The first-order chi connectivity index (χ1) is 22.8. The molecule has 2 heterocycles. The van der Waals surface area contributed by atoms with Crippen LogP contribution in [0.15, 0.2) is 57.9 Å². The first-order valence-electron chi connectivity index (χ1n) is 16.4. The number of nitrogens with one attached hydrogen (secondary N) is 1. The Bertz CT molecular complexity index is 1630. The van der Waals surface area contributed by atoms with Crippen LogP contribution in [0.5, 0.6) is 5.75 Å². The van der Waals surface area contributed by atoms with Gasteiger partial charge in [0.2, 0.25) is 5.91 Å². The van der Waals surface area contributed by atoms with E-state index in [1.807, 2.05) is 44.2 Å². The Labute approximate surface area is 283 Å². The number of hydrogen-bond acceptors (Lipinski definition) is 9. The number of aliphatic hydroxyl groups excluding tert-OH is 1. The van der Waals surface area contributed by atoms with Crippen LogP contribution in [0.2, 0.25) is 0 Å². The molecule has 12 nitrogen and oxygen atoms in total. The van der Waals surface area contributed by atoms with Gasteiger partial charge in [-0.15, -0.1) is 0 Å². The fraction of sp³-hybridized carbons (Fsp3) is 0.514. The number of nitrogens with zero attached hydrogens (tertiary/aromatic N) is 3. The fourth-order valence-electron chi connectivity index (χ4n) is 5.79. The number of ether oxygens (including phenoxy) is 2. The molecule has 0 radical (unpaired) electrons. The van der Waals surface area contributed by atoms with Crippen LogP contribution in [0.1, 0.15) is 67.4 Å². The maximum absolute atomic E-state index is 14.4. The highest BCUT2D eigenvalue weighted by Crippen LogP contribution is 2.30. The van der Waals surface area contributed by atoms with Crippen LogP contribution in [0.4, 0.5) is 5.69 Å². The number of rotatable bonds is 9. The first-order valence-corrected chi connectivity index (χ1v) is 17.9. The molecule has 4 atom stereocenters. The van der Waals surface area contributed by atoms with Gasteiger partial charge in [0.1, 0.15) is 11.4 Å². The van der Waals surface area contributed by atoms with Crippen molar-refractivity contribution in [1.82, 2.24) is 15.0 Å². The predicted molar refractivity (Wildman–Crippen MR) is 181 cm³/mol. The monoisotopic (exact) mass is 684 g/mol. The first kappa shape index (κ1) is 36.9. The van der Waals surface area contributed by atoms with Gasteiger partial charge in [0, 0.05) is 38.3 Å². The van der Waals surface area contributed by atoms with Gasteiger partial charge in [0.15, 0.2) is 10.7 Å². The molecule has 2 amide bonds. The zero-order valence-electron chi connectivity index (χ0n) is 28.6. The summed E-state index contributed by atoms with van der Waals surface area (Å²) < 4.78 is 46.9. The summed E-state index contributed by atoms with van der Waals surface area (Å²) in [6, 6.07) is 13.6. The predicted octanol–water partition coefficient (Wildman–Crippen LogP) is 4.59. The maximum atomic E-state index is 14.4. The number of carbonyl (C=O) groups is 2. The van der Waals surface area contributed by atoms with Crippen LogP contribution in [-0.4, -0.2) is 91.9 Å². The molecule has 4 rings (SSSR count). The second-order valence-corrected chi connectivity index (χ2v) is 14.3. The van der Waals surface area contributed by atoms with Crippen LogP contribution < -0.4 is 9.46 Å². The molecule has 0 bridgehead atoms. The molecule has 3 aromatic rings. The Balaban J connectivity index is 1.64. The number of benzene rings is 2. The largest absolute Gasteiger partial charge is 0.490 e. The maximum Gasteiger partial charge on any atom is 0.267 e. The molecule has 2 N–H and O–H groups in total. The third-order valence-corrected chi connectivity index (χ3v) is 10.2. The van der Waals surface area contributed by atoms with Crippen LogP contribution in [-0.2, 0) is 26.0 Å². The van der Waals surface area contributed by atoms with E-state index in [9.17, 15) is 23.1 Å². The van der Waals surface area contributed by atoms with Gasteiger partial charge < -0.3 is 28.9 Å². The fourth-order valence-corrected chi connectivity index (χ4v) is 7.17.